The Morgan fingerprint density at radius 1 is 1.30 bits per heavy atom. The molecule has 1 heterocycles. The van der Waals surface area contributed by atoms with E-state index in [4.69, 9.17) is 5.11 Å². The molecule has 0 aliphatic carbocycles. The van der Waals surface area contributed by atoms with Gasteiger partial charge in [-0.3, -0.25) is 0 Å². The Morgan fingerprint density at radius 3 is 2.55 bits per heavy atom. The number of rotatable bonds is 4. The summed E-state index contributed by atoms with van der Waals surface area (Å²) in [5.41, 5.74) is 1.24. The zero-order valence-electron chi connectivity index (χ0n) is 11.2. The van der Waals surface area contributed by atoms with Gasteiger partial charge < -0.3 is 5.11 Å². The van der Waals surface area contributed by atoms with Gasteiger partial charge in [-0.25, -0.2) is 13.2 Å². The summed E-state index contributed by atoms with van der Waals surface area (Å²) in [6, 6.07) is 4.94. The summed E-state index contributed by atoms with van der Waals surface area (Å²) in [5, 5.41) is 8.62. The third-order valence-electron chi connectivity index (χ3n) is 3.31. The summed E-state index contributed by atoms with van der Waals surface area (Å²) >= 11 is 0. The first-order valence-electron chi connectivity index (χ1n) is 6.43. The van der Waals surface area contributed by atoms with Gasteiger partial charge in [0.2, 0.25) is 10.0 Å². The molecule has 6 heteroatoms. The highest BCUT2D eigenvalue weighted by molar-refractivity contribution is 7.89. The van der Waals surface area contributed by atoms with Crippen LogP contribution in [-0.4, -0.2) is 36.9 Å². The maximum atomic E-state index is 12.5. The highest BCUT2D eigenvalue weighted by Crippen LogP contribution is 2.24. The quantitative estimate of drug-likeness (QED) is 0.861. The first-order chi connectivity index (χ1) is 9.41. The van der Waals surface area contributed by atoms with Crippen LogP contribution in [0.25, 0.3) is 6.08 Å². The first kappa shape index (κ1) is 14.7. The van der Waals surface area contributed by atoms with E-state index in [0.717, 1.165) is 18.9 Å². The number of benzene rings is 1. The lowest BCUT2D eigenvalue weighted by atomic mass is 10.1. The molecule has 5 nitrogen and oxygen atoms in total. The molecule has 20 heavy (non-hydrogen) atoms. The first-order valence-corrected chi connectivity index (χ1v) is 7.87. The number of carbonyl (C=O) groups is 1. The van der Waals surface area contributed by atoms with E-state index in [9.17, 15) is 13.2 Å². The molecule has 0 radical (unpaired) electrons. The van der Waals surface area contributed by atoms with Crippen LogP contribution in [-0.2, 0) is 14.8 Å². The molecule has 1 aromatic carbocycles. The van der Waals surface area contributed by atoms with Gasteiger partial charge in [0.15, 0.2) is 0 Å². The van der Waals surface area contributed by atoms with Crippen LogP contribution < -0.4 is 0 Å². The van der Waals surface area contributed by atoms with Crippen LogP contribution in [0.15, 0.2) is 29.2 Å². The Morgan fingerprint density at radius 2 is 1.95 bits per heavy atom. The fraction of sp³-hybridized carbons (Fsp3) is 0.357. The van der Waals surface area contributed by atoms with Crippen molar-refractivity contribution in [2.45, 2.75) is 24.7 Å². The van der Waals surface area contributed by atoms with E-state index >= 15 is 0 Å². The second-order valence-corrected chi connectivity index (χ2v) is 6.71. The average molecular weight is 295 g/mol. The molecule has 0 spiro atoms. The molecule has 0 atom stereocenters. The highest BCUT2D eigenvalue weighted by Gasteiger charge is 2.28. The minimum Gasteiger partial charge on any atom is -0.478 e. The Kier molecular flexibility index (Phi) is 4.25. The second kappa shape index (κ2) is 5.76. The van der Waals surface area contributed by atoms with Gasteiger partial charge in [0.1, 0.15) is 0 Å². The molecule has 0 bridgehead atoms. The lowest BCUT2D eigenvalue weighted by molar-refractivity contribution is -0.131. The van der Waals surface area contributed by atoms with Gasteiger partial charge in [-0.1, -0.05) is 12.1 Å². The summed E-state index contributed by atoms with van der Waals surface area (Å²) in [4.78, 5) is 10.8. The molecule has 0 saturated carbocycles. The number of hydrogen-bond donors (Lipinski definition) is 1. The van der Waals surface area contributed by atoms with Gasteiger partial charge in [-0.05, 0) is 43.0 Å². The lowest BCUT2D eigenvalue weighted by Gasteiger charge is -2.17. The zero-order valence-corrected chi connectivity index (χ0v) is 12.1. The summed E-state index contributed by atoms with van der Waals surface area (Å²) in [5.74, 6) is -1.06. The van der Waals surface area contributed by atoms with Gasteiger partial charge in [0.25, 0.3) is 0 Å². The Bertz CT molecular complexity index is 643. The highest BCUT2D eigenvalue weighted by atomic mass is 32.2. The molecular weight excluding hydrogens is 278 g/mol. The van der Waals surface area contributed by atoms with Crippen molar-refractivity contribution < 1.29 is 18.3 Å². The molecule has 0 unspecified atom stereocenters. The summed E-state index contributed by atoms with van der Waals surface area (Å²) in [6.45, 7) is 2.85. The Hall–Kier alpha value is -1.66. The normalized spacial score (nSPS) is 16.9. The second-order valence-electron chi connectivity index (χ2n) is 4.81. The number of carboxylic acid groups (broad SMARTS) is 1. The van der Waals surface area contributed by atoms with E-state index in [-0.39, 0.29) is 4.90 Å². The predicted molar refractivity (Wildman–Crippen MR) is 75.8 cm³/mol. The fourth-order valence-corrected chi connectivity index (χ4v) is 4.01. The van der Waals surface area contributed by atoms with E-state index in [1.807, 2.05) is 0 Å². The molecular formula is C14H17NO4S. The van der Waals surface area contributed by atoms with E-state index in [2.05, 4.69) is 0 Å². The molecule has 1 aliphatic heterocycles. The standard InChI is InChI=1S/C14H17NO4S/c1-11-4-5-12(6-7-14(16)17)10-13(11)20(18,19)15-8-2-3-9-15/h4-7,10H,2-3,8-9H2,1H3,(H,16,17). The van der Waals surface area contributed by atoms with Crippen molar-refractivity contribution >= 4 is 22.1 Å². The van der Waals surface area contributed by atoms with E-state index in [1.54, 1.807) is 19.1 Å². The van der Waals surface area contributed by atoms with Gasteiger partial charge >= 0.3 is 5.97 Å². The molecule has 0 amide bonds. The van der Waals surface area contributed by atoms with Crippen LogP contribution in [0.5, 0.6) is 0 Å². The van der Waals surface area contributed by atoms with Crippen molar-refractivity contribution in [3.8, 4) is 0 Å². The number of nitrogens with zero attached hydrogens (tertiary/aromatic N) is 1. The smallest absolute Gasteiger partial charge is 0.328 e. The van der Waals surface area contributed by atoms with E-state index < -0.39 is 16.0 Å². The number of hydrogen-bond acceptors (Lipinski definition) is 3. The zero-order chi connectivity index (χ0) is 14.8. The van der Waals surface area contributed by atoms with Gasteiger partial charge in [-0.15, -0.1) is 0 Å². The molecule has 1 aliphatic rings. The third kappa shape index (κ3) is 3.08. The van der Waals surface area contributed by atoms with Crippen molar-refractivity contribution in [3.63, 3.8) is 0 Å². The molecule has 1 fully saturated rings. The molecule has 1 N–H and O–H groups in total. The summed E-state index contributed by atoms with van der Waals surface area (Å²) in [6.07, 6.45) is 4.16. The summed E-state index contributed by atoms with van der Waals surface area (Å²) < 4.78 is 26.5. The minimum atomic E-state index is -3.48. The van der Waals surface area contributed by atoms with Crippen molar-refractivity contribution in [1.29, 1.82) is 0 Å². The van der Waals surface area contributed by atoms with Crippen LogP contribution >= 0.6 is 0 Å². The molecule has 2 rings (SSSR count). The monoisotopic (exact) mass is 295 g/mol. The minimum absolute atomic E-state index is 0.256. The SMILES string of the molecule is Cc1ccc(C=CC(=O)O)cc1S(=O)(=O)N1CCCC1. The van der Waals surface area contributed by atoms with Crippen molar-refractivity contribution in [1.82, 2.24) is 4.31 Å². The maximum absolute atomic E-state index is 12.5. The van der Waals surface area contributed by atoms with E-state index in [1.165, 1.54) is 16.4 Å². The number of carboxylic acids is 1. The topological polar surface area (TPSA) is 74.7 Å². The number of sulfonamides is 1. The summed E-state index contributed by atoms with van der Waals surface area (Å²) in [7, 11) is -3.48. The van der Waals surface area contributed by atoms with E-state index in [0.29, 0.717) is 24.2 Å². The van der Waals surface area contributed by atoms with Crippen molar-refractivity contribution in [3.05, 3.63) is 35.4 Å². The largest absolute Gasteiger partial charge is 0.478 e. The van der Waals surface area contributed by atoms with Gasteiger partial charge in [0, 0.05) is 19.2 Å². The Balaban J connectivity index is 2.40. The lowest BCUT2D eigenvalue weighted by Crippen LogP contribution is -2.28. The molecule has 1 aromatic rings. The van der Waals surface area contributed by atoms with Crippen LogP contribution in [0.1, 0.15) is 24.0 Å². The van der Waals surface area contributed by atoms with Crippen molar-refractivity contribution in [2.75, 3.05) is 13.1 Å². The Labute approximate surface area is 118 Å². The van der Waals surface area contributed by atoms with Crippen LogP contribution in [0.2, 0.25) is 0 Å². The maximum Gasteiger partial charge on any atom is 0.328 e. The van der Waals surface area contributed by atoms with Gasteiger partial charge in [-0.2, -0.15) is 4.31 Å². The number of aryl methyl sites for hydroxylation is 1. The molecule has 0 aromatic heterocycles. The third-order valence-corrected chi connectivity index (χ3v) is 5.35. The molecule has 1 saturated heterocycles. The number of aliphatic carboxylic acids is 1. The average Bonchev–Trinajstić information content (AvgIpc) is 2.92. The van der Waals surface area contributed by atoms with Crippen LogP contribution in [0, 0.1) is 6.92 Å². The van der Waals surface area contributed by atoms with Crippen molar-refractivity contribution in [2.24, 2.45) is 0 Å². The van der Waals surface area contributed by atoms with Crippen LogP contribution in [0.3, 0.4) is 0 Å². The molecule has 108 valence electrons. The fourth-order valence-electron chi connectivity index (χ4n) is 2.23. The van der Waals surface area contributed by atoms with Crippen LogP contribution in [0.4, 0.5) is 0 Å². The predicted octanol–water partition coefficient (Wildman–Crippen LogP) is 1.88. The van der Waals surface area contributed by atoms with Gasteiger partial charge in [0.05, 0.1) is 4.90 Å².